The molecule has 0 atom stereocenters. The van der Waals surface area contributed by atoms with Crippen LogP contribution < -0.4 is 0 Å². The molecule has 2 aromatic heterocycles. The predicted octanol–water partition coefficient (Wildman–Crippen LogP) is 2.75. The third-order valence-electron chi connectivity index (χ3n) is 2.86. The van der Waals surface area contributed by atoms with Gasteiger partial charge in [0.2, 0.25) is 0 Å². The van der Waals surface area contributed by atoms with Crippen LogP contribution in [0, 0.1) is 0 Å². The molecule has 3 aromatic rings. The van der Waals surface area contributed by atoms with E-state index in [4.69, 9.17) is 5.11 Å². The van der Waals surface area contributed by atoms with Crippen LogP contribution in [0.3, 0.4) is 0 Å². The first-order valence-electron chi connectivity index (χ1n) is 5.98. The molecular formula is C14H11N3O2S. The van der Waals surface area contributed by atoms with Gasteiger partial charge < -0.3 is 5.11 Å². The summed E-state index contributed by atoms with van der Waals surface area (Å²) < 4.78 is 1.74. The lowest BCUT2D eigenvalue weighted by atomic mass is 10.1. The molecule has 0 aliphatic rings. The van der Waals surface area contributed by atoms with Crippen molar-refractivity contribution in [3.05, 3.63) is 59.1 Å². The topological polar surface area (TPSA) is 68.0 Å². The molecule has 1 N–H and O–H groups in total. The zero-order valence-corrected chi connectivity index (χ0v) is 11.2. The minimum Gasteiger partial charge on any atom is -0.478 e. The van der Waals surface area contributed by atoms with E-state index in [0.717, 1.165) is 16.1 Å². The lowest BCUT2D eigenvalue weighted by Crippen LogP contribution is -2.01. The Morgan fingerprint density at radius 3 is 2.70 bits per heavy atom. The molecule has 20 heavy (non-hydrogen) atoms. The van der Waals surface area contributed by atoms with Crippen LogP contribution >= 0.6 is 11.3 Å². The maximum Gasteiger partial charge on any atom is 0.335 e. The van der Waals surface area contributed by atoms with Crippen molar-refractivity contribution in [2.24, 2.45) is 0 Å². The molecule has 1 aromatic carbocycles. The number of aromatic carboxylic acids is 1. The van der Waals surface area contributed by atoms with Crippen molar-refractivity contribution in [3.63, 3.8) is 0 Å². The van der Waals surface area contributed by atoms with Gasteiger partial charge in [0.1, 0.15) is 5.69 Å². The molecule has 100 valence electrons. The minimum atomic E-state index is -0.919. The Balaban J connectivity index is 1.76. The van der Waals surface area contributed by atoms with Gasteiger partial charge in [0.25, 0.3) is 0 Å². The average molecular weight is 285 g/mol. The highest BCUT2D eigenvalue weighted by Gasteiger charge is 2.06. The van der Waals surface area contributed by atoms with Crippen LogP contribution in [0.2, 0.25) is 0 Å². The summed E-state index contributed by atoms with van der Waals surface area (Å²) >= 11 is 1.62. The van der Waals surface area contributed by atoms with Gasteiger partial charge in [-0.1, -0.05) is 23.4 Å². The second-order valence-electron chi connectivity index (χ2n) is 4.28. The van der Waals surface area contributed by atoms with Crippen LogP contribution in [-0.4, -0.2) is 26.1 Å². The Labute approximate surface area is 119 Å². The van der Waals surface area contributed by atoms with Crippen molar-refractivity contribution in [2.45, 2.75) is 6.54 Å². The summed E-state index contributed by atoms with van der Waals surface area (Å²) in [7, 11) is 0. The molecule has 0 saturated carbocycles. The minimum absolute atomic E-state index is 0.284. The van der Waals surface area contributed by atoms with Gasteiger partial charge in [-0.3, -0.25) is 0 Å². The number of rotatable bonds is 4. The molecule has 0 unspecified atom stereocenters. The number of thiophene rings is 1. The van der Waals surface area contributed by atoms with Crippen LogP contribution in [0.1, 0.15) is 15.9 Å². The maximum atomic E-state index is 10.8. The van der Waals surface area contributed by atoms with Gasteiger partial charge in [0.05, 0.1) is 23.2 Å². The molecular weight excluding hydrogens is 274 g/mol. The fraction of sp³-hybridized carbons (Fsp3) is 0.0714. The van der Waals surface area contributed by atoms with E-state index in [9.17, 15) is 4.79 Å². The summed E-state index contributed by atoms with van der Waals surface area (Å²) in [4.78, 5) is 11.9. The highest BCUT2D eigenvalue weighted by molar-refractivity contribution is 7.13. The predicted molar refractivity (Wildman–Crippen MR) is 75.8 cm³/mol. The van der Waals surface area contributed by atoms with Gasteiger partial charge >= 0.3 is 5.97 Å². The Hall–Kier alpha value is -2.47. The molecule has 0 saturated heterocycles. The summed E-state index contributed by atoms with van der Waals surface area (Å²) in [5.41, 5.74) is 2.12. The van der Waals surface area contributed by atoms with Crippen molar-refractivity contribution in [2.75, 3.05) is 0 Å². The van der Waals surface area contributed by atoms with E-state index in [0.29, 0.717) is 6.54 Å². The van der Waals surface area contributed by atoms with E-state index in [1.807, 2.05) is 23.7 Å². The summed E-state index contributed by atoms with van der Waals surface area (Å²) in [6.07, 6.45) is 1.89. The van der Waals surface area contributed by atoms with Crippen molar-refractivity contribution >= 4 is 17.3 Å². The molecule has 0 radical (unpaired) electrons. The summed E-state index contributed by atoms with van der Waals surface area (Å²) in [5, 5.41) is 19.1. The van der Waals surface area contributed by atoms with Gasteiger partial charge in [0, 0.05) is 0 Å². The van der Waals surface area contributed by atoms with Gasteiger partial charge in [0.15, 0.2) is 0 Å². The zero-order chi connectivity index (χ0) is 13.9. The van der Waals surface area contributed by atoms with E-state index in [2.05, 4.69) is 10.3 Å². The number of carboxylic acids is 1. The number of hydrogen-bond donors (Lipinski definition) is 1. The summed E-state index contributed by atoms with van der Waals surface area (Å²) in [6.45, 7) is 0.568. The maximum absolute atomic E-state index is 10.8. The molecule has 0 fully saturated rings. The molecule has 0 amide bonds. The smallest absolute Gasteiger partial charge is 0.335 e. The third kappa shape index (κ3) is 2.60. The summed E-state index contributed by atoms with van der Waals surface area (Å²) in [5.74, 6) is -0.919. The van der Waals surface area contributed by atoms with Crippen LogP contribution in [0.15, 0.2) is 48.0 Å². The Morgan fingerprint density at radius 2 is 2.05 bits per heavy atom. The van der Waals surface area contributed by atoms with Crippen molar-refractivity contribution in [3.8, 4) is 10.6 Å². The number of carbonyl (C=O) groups is 1. The molecule has 0 spiro atoms. The monoisotopic (exact) mass is 285 g/mol. The SMILES string of the molecule is O=C(O)c1ccc(Cn2cc(-c3cccs3)nn2)cc1. The first-order chi connectivity index (χ1) is 9.72. The molecule has 2 heterocycles. The van der Waals surface area contributed by atoms with Crippen LogP contribution in [0.25, 0.3) is 10.6 Å². The van der Waals surface area contributed by atoms with Crippen molar-refractivity contribution in [1.82, 2.24) is 15.0 Å². The van der Waals surface area contributed by atoms with E-state index in [-0.39, 0.29) is 5.56 Å². The number of benzene rings is 1. The Bertz CT molecular complexity index is 717. The Morgan fingerprint density at radius 1 is 1.25 bits per heavy atom. The Kier molecular flexibility index (Phi) is 3.30. The van der Waals surface area contributed by atoms with Crippen molar-refractivity contribution < 1.29 is 9.90 Å². The summed E-state index contributed by atoms with van der Waals surface area (Å²) in [6, 6.07) is 10.7. The first-order valence-corrected chi connectivity index (χ1v) is 6.86. The van der Waals surface area contributed by atoms with Crippen LogP contribution in [0.5, 0.6) is 0 Å². The lowest BCUT2D eigenvalue weighted by Gasteiger charge is -2.01. The quantitative estimate of drug-likeness (QED) is 0.800. The molecule has 0 aliphatic carbocycles. The second kappa shape index (κ2) is 5.26. The fourth-order valence-corrected chi connectivity index (χ4v) is 2.53. The third-order valence-corrected chi connectivity index (χ3v) is 3.75. The largest absolute Gasteiger partial charge is 0.478 e. The molecule has 0 aliphatic heterocycles. The van der Waals surface area contributed by atoms with E-state index < -0.39 is 5.97 Å². The number of hydrogen-bond acceptors (Lipinski definition) is 4. The van der Waals surface area contributed by atoms with Crippen molar-refractivity contribution in [1.29, 1.82) is 0 Å². The highest BCUT2D eigenvalue weighted by Crippen LogP contribution is 2.21. The van der Waals surface area contributed by atoms with E-state index >= 15 is 0 Å². The molecule has 5 nitrogen and oxygen atoms in total. The van der Waals surface area contributed by atoms with Gasteiger partial charge in [-0.15, -0.1) is 16.4 Å². The molecule has 6 heteroatoms. The number of carboxylic acid groups (broad SMARTS) is 1. The highest BCUT2D eigenvalue weighted by atomic mass is 32.1. The normalized spacial score (nSPS) is 10.6. The van der Waals surface area contributed by atoms with E-state index in [1.165, 1.54) is 0 Å². The van der Waals surface area contributed by atoms with Crippen LogP contribution in [0.4, 0.5) is 0 Å². The standard InChI is InChI=1S/C14H11N3O2S/c18-14(19)11-5-3-10(4-6-11)8-17-9-12(15-16-17)13-2-1-7-20-13/h1-7,9H,8H2,(H,18,19). The van der Waals surface area contributed by atoms with Crippen LogP contribution in [-0.2, 0) is 6.54 Å². The number of aromatic nitrogens is 3. The van der Waals surface area contributed by atoms with E-state index in [1.54, 1.807) is 40.3 Å². The van der Waals surface area contributed by atoms with Gasteiger partial charge in [-0.2, -0.15) is 0 Å². The molecule has 3 rings (SSSR count). The first kappa shape index (κ1) is 12.6. The number of nitrogens with zero attached hydrogens (tertiary/aromatic N) is 3. The fourth-order valence-electron chi connectivity index (χ4n) is 1.85. The second-order valence-corrected chi connectivity index (χ2v) is 5.23. The van der Waals surface area contributed by atoms with Gasteiger partial charge in [-0.25, -0.2) is 9.48 Å². The lowest BCUT2D eigenvalue weighted by molar-refractivity contribution is 0.0697. The zero-order valence-electron chi connectivity index (χ0n) is 10.4. The molecule has 0 bridgehead atoms. The van der Waals surface area contributed by atoms with Gasteiger partial charge in [-0.05, 0) is 29.1 Å². The average Bonchev–Trinajstić information content (AvgIpc) is 3.09.